The summed E-state index contributed by atoms with van der Waals surface area (Å²) < 4.78 is 8.76. The van der Waals surface area contributed by atoms with Gasteiger partial charge in [0.15, 0.2) is 0 Å². The van der Waals surface area contributed by atoms with E-state index in [1.807, 2.05) is 0 Å². The molecular weight excluding hydrogens is 683 g/mol. The molecule has 0 saturated carbocycles. The standard InChI is InChI=1S/C52H35N3O/c1-4-13-34(14-5-1)37-19-12-20-40(29-37)52-53-46(36-17-8-3-9-18-36)33-47(54-52)39-23-26-43-42-21-10-11-22-48(42)55(49(43)31-39)41-25-28-51-45(32-41)44-30-38(24-27-50(44)56-51)35-15-6-2-7-16-35/h1-33,52-53H. The lowest BCUT2D eigenvalue weighted by Crippen LogP contribution is -2.24. The fourth-order valence-corrected chi connectivity index (χ4v) is 8.28. The van der Waals surface area contributed by atoms with Crippen molar-refractivity contribution < 1.29 is 4.42 Å². The maximum absolute atomic E-state index is 6.38. The smallest absolute Gasteiger partial charge is 0.145 e. The number of nitrogens with one attached hydrogen (secondary N) is 1. The van der Waals surface area contributed by atoms with E-state index in [-0.39, 0.29) is 6.17 Å². The lowest BCUT2D eigenvalue weighted by molar-refractivity contribution is 0.664. The molecule has 4 heteroatoms. The summed E-state index contributed by atoms with van der Waals surface area (Å²) in [6.07, 6.45) is 1.92. The van der Waals surface area contributed by atoms with E-state index in [4.69, 9.17) is 9.41 Å². The van der Waals surface area contributed by atoms with Crippen LogP contribution in [0.3, 0.4) is 0 Å². The van der Waals surface area contributed by atoms with Crippen LogP contribution in [0.1, 0.15) is 22.9 Å². The molecule has 4 nitrogen and oxygen atoms in total. The summed E-state index contributed by atoms with van der Waals surface area (Å²) >= 11 is 0. The summed E-state index contributed by atoms with van der Waals surface area (Å²) in [5.74, 6) is 0. The van der Waals surface area contributed by atoms with Crippen LogP contribution < -0.4 is 5.32 Å². The van der Waals surface area contributed by atoms with Gasteiger partial charge in [0, 0.05) is 38.5 Å². The highest BCUT2D eigenvalue weighted by molar-refractivity contribution is 6.17. The number of aliphatic imine (C=N–C) groups is 1. The number of nitrogens with zero attached hydrogens (tertiary/aromatic N) is 2. The van der Waals surface area contributed by atoms with Gasteiger partial charge in [0.2, 0.25) is 0 Å². The summed E-state index contributed by atoms with van der Waals surface area (Å²) in [7, 11) is 0. The molecule has 0 fully saturated rings. The molecule has 2 aromatic heterocycles. The van der Waals surface area contributed by atoms with Gasteiger partial charge in [-0.3, -0.25) is 4.99 Å². The summed E-state index contributed by atoms with van der Waals surface area (Å²) in [5.41, 5.74) is 15.1. The van der Waals surface area contributed by atoms with Crippen LogP contribution in [-0.2, 0) is 0 Å². The molecule has 0 spiro atoms. The number of aromatic nitrogens is 1. The van der Waals surface area contributed by atoms with Crippen LogP contribution in [-0.4, -0.2) is 10.3 Å². The second-order valence-electron chi connectivity index (χ2n) is 14.4. The molecule has 11 rings (SSSR count). The van der Waals surface area contributed by atoms with E-state index in [2.05, 4.69) is 210 Å². The van der Waals surface area contributed by atoms with Crippen LogP contribution in [0.25, 0.3) is 77.4 Å². The lowest BCUT2D eigenvalue weighted by atomic mass is 9.99. The fraction of sp³-hybridized carbons (Fsp3) is 0.0192. The molecule has 1 unspecified atom stereocenters. The Morgan fingerprint density at radius 2 is 1.04 bits per heavy atom. The normalized spacial score (nSPS) is 14.2. The van der Waals surface area contributed by atoms with Crippen molar-refractivity contribution in [2.24, 2.45) is 4.99 Å². The maximum atomic E-state index is 6.38. The Balaban J connectivity index is 1.07. The molecule has 0 bridgehead atoms. The summed E-state index contributed by atoms with van der Waals surface area (Å²) in [6.45, 7) is 0. The Kier molecular flexibility index (Phi) is 7.52. The predicted octanol–water partition coefficient (Wildman–Crippen LogP) is 13.1. The van der Waals surface area contributed by atoms with E-state index >= 15 is 0 Å². The number of hydrogen-bond acceptors (Lipinski definition) is 3. The Morgan fingerprint density at radius 1 is 0.429 bits per heavy atom. The highest BCUT2D eigenvalue weighted by atomic mass is 16.3. The average Bonchev–Trinajstić information content (AvgIpc) is 3.81. The zero-order chi connectivity index (χ0) is 37.0. The first-order valence-corrected chi connectivity index (χ1v) is 19.1. The molecule has 1 aliphatic rings. The number of fused-ring (bicyclic) bond motifs is 6. The molecule has 1 atom stereocenters. The highest BCUT2D eigenvalue weighted by Crippen LogP contribution is 2.38. The first kappa shape index (κ1) is 32.0. The molecular formula is C52H35N3O. The quantitative estimate of drug-likeness (QED) is 0.186. The van der Waals surface area contributed by atoms with E-state index in [1.165, 1.54) is 33.0 Å². The van der Waals surface area contributed by atoms with Gasteiger partial charge in [-0.2, -0.15) is 0 Å². The van der Waals surface area contributed by atoms with Crippen LogP contribution >= 0.6 is 0 Å². The SMILES string of the molecule is C1=C(c2ccccc2)NC(c2cccc(-c3ccccc3)c2)N=C1c1ccc2c3ccccc3n(-c3ccc4oc5ccc(-c6ccccc6)cc5c4c3)c2c1. The van der Waals surface area contributed by atoms with Gasteiger partial charge < -0.3 is 14.3 Å². The van der Waals surface area contributed by atoms with E-state index < -0.39 is 0 Å². The Labute approximate surface area is 324 Å². The van der Waals surface area contributed by atoms with Crippen molar-refractivity contribution in [2.75, 3.05) is 0 Å². The number of para-hydroxylation sites is 1. The predicted molar refractivity (Wildman–Crippen MR) is 232 cm³/mol. The molecule has 264 valence electrons. The van der Waals surface area contributed by atoms with Crippen molar-refractivity contribution >= 4 is 55.2 Å². The second kappa shape index (κ2) is 13.2. The minimum atomic E-state index is -0.270. The third-order valence-corrected chi connectivity index (χ3v) is 11.0. The van der Waals surface area contributed by atoms with Gasteiger partial charge in [-0.05, 0) is 88.0 Å². The zero-order valence-corrected chi connectivity index (χ0v) is 30.4. The summed E-state index contributed by atoms with van der Waals surface area (Å²) in [6, 6.07) is 68.8. The van der Waals surface area contributed by atoms with Crippen molar-refractivity contribution in [3.8, 4) is 27.9 Å². The molecule has 8 aromatic carbocycles. The van der Waals surface area contributed by atoms with Gasteiger partial charge in [0.1, 0.15) is 17.3 Å². The summed E-state index contributed by atoms with van der Waals surface area (Å²) in [4.78, 5) is 5.40. The number of benzene rings is 8. The average molecular weight is 718 g/mol. The van der Waals surface area contributed by atoms with E-state index in [9.17, 15) is 0 Å². The van der Waals surface area contributed by atoms with Crippen molar-refractivity contribution in [1.29, 1.82) is 0 Å². The van der Waals surface area contributed by atoms with E-state index in [0.29, 0.717) is 0 Å². The van der Waals surface area contributed by atoms with Gasteiger partial charge >= 0.3 is 0 Å². The Hall–Kier alpha value is -7.43. The van der Waals surface area contributed by atoms with Crippen LogP contribution in [0.4, 0.5) is 0 Å². The number of rotatable bonds is 6. The molecule has 3 heterocycles. The number of furan rings is 1. The molecule has 0 radical (unpaired) electrons. The van der Waals surface area contributed by atoms with Crippen molar-refractivity contribution in [3.05, 3.63) is 217 Å². The number of allylic oxidation sites excluding steroid dienone is 1. The van der Waals surface area contributed by atoms with Crippen LogP contribution in [0, 0.1) is 0 Å². The minimum Gasteiger partial charge on any atom is -0.456 e. The molecule has 0 saturated heterocycles. The third-order valence-electron chi connectivity index (χ3n) is 11.0. The van der Waals surface area contributed by atoms with E-state index in [0.717, 1.165) is 66.8 Å². The first-order chi connectivity index (χ1) is 27.7. The minimum absolute atomic E-state index is 0.270. The molecule has 1 aliphatic heterocycles. The lowest BCUT2D eigenvalue weighted by Gasteiger charge is -2.25. The number of hydrogen-bond donors (Lipinski definition) is 1. The Morgan fingerprint density at radius 3 is 1.80 bits per heavy atom. The summed E-state index contributed by atoms with van der Waals surface area (Å²) in [5, 5.41) is 8.37. The topological polar surface area (TPSA) is 42.5 Å². The highest BCUT2D eigenvalue weighted by Gasteiger charge is 2.22. The van der Waals surface area contributed by atoms with Gasteiger partial charge in [0.05, 0.1) is 16.7 Å². The van der Waals surface area contributed by atoms with Gasteiger partial charge in [0.25, 0.3) is 0 Å². The van der Waals surface area contributed by atoms with Gasteiger partial charge in [-0.25, -0.2) is 0 Å². The monoisotopic (exact) mass is 717 g/mol. The fourth-order valence-electron chi connectivity index (χ4n) is 8.28. The third kappa shape index (κ3) is 5.50. The maximum Gasteiger partial charge on any atom is 0.145 e. The van der Waals surface area contributed by atoms with E-state index in [1.54, 1.807) is 0 Å². The van der Waals surface area contributed by atoms with Crippen molar-refractivity contribution in [2.45, 2.75) is 6.17 Å². The molecule has 56 heavy (non-hydrogen) atoms. The van der Waals surface area contributed by atoms with Crippen LogP contribution in [0.2, 0.25) is 0 Å². The van der Waals surface area contributed by atoms with Gasteiger partial charge in [-0.1, -0.05) is 146 Å². The molecule has 1 N–H and O–H groups in total. The Bertz CT molecular complexity index is 3150. The second-order valence-corrected chi connectivity index (χ2v) is 14.4. The molecule has 0 amide bonds. The molecule has 0 aliphatic carbocycles. The van der Waals surface area contributed by atoms with Crippen molar-refractivity contribution in [1.82, 2.24) is 9.88 Å². The van der Waals surface area contributed by atoms with Crippen LogP contribution in [0.5, 0.6) is 0 Å². The largest absolute Gasteiger partial charge is 0.456 e. The van der Waals surface area contributed by atoms with Crippen LogP contribution in [0.15, 0.2) is 210 Å². The zero-order valence-electron chi connectivity index (χ0n) is 30.4. The van der Waals surface area contributed by atoms with Gasteiger partial charge in [-0.15, -0.1) is 0 Å². The van der Waals surface area contributed by atoms with Crippen molar-refractivity contribution in [3.63, 3.8) is 0 Å². The molecule has 10 aromatic rings. The first-order valence-electron chi connectivity index (χ1n) is 19.1.